The Morgan fingerprint density at radius 1 is 0.923 bits per heavy atom. The first-order valence-corrected chi connectivity index (χ1v) is 9.68. The van der Waals surface area contributed by atoms with Crippen molar-refractivity contribution in [3.8, 4) is 5.75 Å². The van der Waals surface area contributed by atoms with E-state index in [9.17, 15) is 0 Å². The molecule has 0 radical (unpaired) electrons. The Bertz CT molecular complexity index is 813. The molecule has 0 fully saturated rings. The minimum Gasteiger partial charge on any atom is -0.493 e. The summed E-state index contributed by atoms with van der Waals surface area (Å²) >= 11 is 0. The molecule has 0 amide bonds. The summed E-state index contributed by atoms with van der Waals surface area (Å²) in [6, 6.07) is 24.0. The standard InChI is InChI=1S/C24H29NO/c1-3-17-26-24-16-15-21-11-7-8-12-22(21)23(24)18-25-19(2)13-14-20-9-5-4-6-10-20/h4-12,15-16,19,25H,3,13-14,17-18H2,1-2H3/t19-/m1/s1. The summed E-state index contributed by atoms with van der Waals surface area (Å²) in [5.41, 5.74) is 2.67. The molecule has 0 bridgehead atoms. The highest BCUT2D eigenvalue weighted by atomic mass is 16.5. The Morgan fingerprint density at radius 3 is 2.50 bits per heavy atom. The van der Waals surface area contributed by atoms with Crippen LogP contribution in [0.2, 0.25) is 0 Å². The fraction of sp³-hybridized carbons (Fsp3) is 0.333. The summed E-state index contributed by atoms with van der Waals surface area (Å²) in [5, 5.41) is 6.25. The zero-order chi connectivity index (χ0) is 18.2. The molecule has 0 aliphatic heterocycles. The van der Waals surface area contributed by atoms with Crippen LogP contribution >= 0.6 is 0 Å². The van der Waals surface area contributed by atoms with Crippen LogP contribution in [0.3, 0.4) is 0 Å². The van der Waals surface area contributed by atoms with E-state index in [2.05, 4.69) is 85.9 Å². The molecular formula is C24H29NO. The maximum atomic E-state index is 6.02. The molecule has 3 aromatic carbocycles. The van der Waals surface area contributed by atoms with Crippen LogP contribution in [0.25, 0.3) is 10.8 Å². The number of benzene rings is 3. The largest absolute Gasteiger partial charge is 0.493 e. The zero-order valence-corrected chi connectivity index (χ0v) is 15.9. The van der Waals surface area contributed by atoms with E-state index in [-0.39, 0.29) is 0 Å². The van der Waals surface area contributed by atoms with Gasteiger partial charge in [-0.05, 0) is 48.6 Å². The van der Waals surface area contributed by atoms with Crippen molar-refractivity contribution in [2.45, 2.75) is 45.7 Å². The van der Waals surface area contributed by atoms with Crippen molar-refractivity contribution >= 4 is 10.8 Å². The fourth-order valence-electron chi connectivity index (χ4n) is 3.25. The van der Waals surface area contributed by atoms with Gasteiger partial charge in [-0.25, -0.2) is 0 Å². The second-order valence-corrected chi connectivity index (χ2v) is 6.92. The minimum atomic E-state index is 0.452. The van der Waals surface area contributed by atoms with Crippen molar-refractivity contribution < 1.29 is 4.74 Å². The van der Waals surface area contributed by atoms with E-state index in [0.717, 1.165) is 38.2 Å². The van der Waals surface area contributed by atoms with Crippen LogP contribution in [0.5, 0.6) is 5.75 Å². The molecule has 1 N–H and O–H groups in total. The Kier molecular flexibility index (Phi) is 6.68. The SMILES string of the molecule is CCCOc1ccc2ccccc2c1CN[C@H](C)CCc1ccccc1. The molecule has 0 aliphatic rings. The van der Waals surface area contributed by atoms with Gasteiger partial charge in [0.05, 0.1) is 6.61 Å². The predicted molar refractivity (Wildman–Crippen MR) is 111 cm³/mol. The predicted octanol–water partition coefficient (Wildman–Crippen LogP) is 5.74. The third-order valence-corrected chi connectivity index (χ3v) is 4.80. The van der Waals surface area contributed by atoms with Crippen LogP contribution in [-0.2, 0) is 13.0 Å². The van der Waals surface area contributed by atoms with E-state index in [1.807, 2.05) is 0 Å². The fourth-order valence-corrected chi connectivity index (χ4v) is 3.25. The second-order valence-electron chi connectivity index (χ2n) is 6.92. The third-order valence-electron chi connectivity index (χ3n) is 4.80. The summed E-state index contributed by atoms with van der Waals surface area (Å²) in [5.74, 6) is 1.01. The smallest absolute Gasteiger partial charge is 0.124 e. The summed E-state index contributed by atoms with van der Waals surface area (Å²) < 4.78 is 6.02. The van der Waals surface area contributed by atoms with Crippen molar-refractivity contribution in [1.29, 1.82) is 0 Å². The van der Waals surface area contributed by atoms with Gasteiger partial charge in [0.25, 0.3) is 0 Å². The molecule has 136 valence electrons. The molecule has 0 unspecified atom stereocenters. The lowest BCUT2D eigenvalue weighted by molar-refractivity contribution is 0.313. The van der Waals surface area contributed by atoms with E-state index in [0.29, 0.717) is 6.04 Å². The Hall–Kier alpha value is -2.32. The van der Waals surface area contributed by atoms with Crippen molar-refractivity contribution in [2.24, 2.45) is 0 Å². The molecule has 2 nitrogen and oxygen atoms in total. The molecular weight excluding hydrogens is 318 g/mol. The normalized spacial score (nSPS) is 12.2. The third kappa shape index (κ3) is 4.86. The van der Waals surface area contributed by atoms with Crippen molar-refractivity contribution in [3.63, 3.8) is 0 Å². The molecule has 0 spiro atoms. The number of fused-ring (bicyclic) bond motifs is 1. The first-order valence-electron chi connectivity index (χ1n) is 9.68. The van der Waals surface area contributed by atoms with Crippen LogP contribution in [0.1, 0.15) is 37.8 Å². The highest BCUT2D eigenvalue weighted by Crippen LogP contribution is 2.28. The highest BCUT2D eigenvalue weighted by molar-refractivity contribution is 5.87. The van der Waals surface area contributed by atoms with Crippen LogP contribution in [-0.4, -0.2) is 12.6 Å². The summed E-state index contributed by atoms with van der Waals surface area (Å²) in [6.07, 6.45) is 3.25. The van der Waals surface area contributed by atoms with Crippen LogP contribution < -0.4 is 10.1 Å². The van der Waals surface area contributed by atoms with Crippen LogP contribution in [0.15, 0.2) is 66.7 Å². The summed E-state index contributed by atoms with van der Waals surface area (Å²) in [6.45, 7) is 6.00. The Morgan fingerprint density at radius 2 is 1.69 bits per heavy atom. The monoisotopic (exact) mass is 347 g/mol. The minimum absolute atomic E-state index is 0.452. The van der Waals surface area contributed by atoms with Gasteiger partial charge in [0.2, 0.25) is 0 Å². The van der Waals surface area contributed by atoms with Gasteiger partial charge in [-0.2, -0.15) is 0 Å². The first-order chi connectivity index (χ1) is 12.8. The van der Waals surface area contributed by atoms with E-state index >= 15 is 0 Å². The molecule has 0 aliphatic carbocycles. The summed E-state index contributed by atoms with van der Waals surface area (Å²) in [4.78, 5) is 0. The average Bonchev–Trinajstić information content (AvgIpc) is 2.70. The number of nitrogens with one attached hydrogen (secondary N) is 1. The van der Waals surface area contributed by atoms with Crippen LogP contribution in [0, 0.1) is 0 Å². The zero-order valence-electron chi connectivity index (χ0n) is 15.9. The number of rotatable bonds is 9. The van der Waals surface area contributed by atoms with E-state index < -0.39 is 0 Å². The van der Waals surface area contributed by atoms with Crippen LogP contribution in [0.4, 0.5) is 0 Å². The maximum absolute atomic E-state index is 6.02. The number of hydrogen-bond donors (Lipinski definition) is 1. The second kappa shape index (κ2) is 9.40. The lowest BCUT2D eigenvalue weighted by Gasteiger charge is -2.18. The van der Waals surface area contributed by atoms with Gasteiger partial charge in [-0.15, -0.1) is 0 Å². The van der Waals surface area contributed by atoms with Crippen molar-refractivity contribution in [2.75, 3.05) is 6.61 Å². The molecule has 2 heteroatoms. The van der Waals surface area contributed by atoms with Crippen molar-refractivity contribution in [3.05, 3.63) is 77.9 Å². The van der Waals surface area contributed by atoms with Gasteiger partial charge in [0.15, 0.2) is 0 Å². The van der Waals surface area contributed by atoms with Gasteiger partial charge < -0.3 is 10.1 Å². The molecule has 1 atom stereocenters. The molecule has 3 rings (SSSR count). The number of hydrogen-bond acceptors (Lipinski definition) is 2. The van der Waals surface area contributed by atoms with Gasteiger partial charge in [0.1, 0.15) is 5.75 Å². The molecule has 26 heavy (non-hydrogen) atoms. The van der Waals surface area contributed by atoms with E-state index in [4.69, 9.17) is 4.74 Å². The van der Waals surface area contributed by atoms with E-state index in [1.165, 1.54) is 21.9 Å². The van der Waals surface area contributed by atoms with Crippen molar-refractivity contribution in [1.82, 2.24) is 5.32 Å². The summed E-state index contributed by atoms with van der Waals surface area (Å²) in [7, 11) is 0. The topological polar surface area (TPSA) is 21.3 Å². The Labute approximate surface area is 157 Å². The maximum Gasteiger partial charge on any atom is 0.124 e. The first kappa shape index (κ1) is 18.5. The molecule has 0 aromatic heterocycles. The molecule has 0 heterocycles. The van der Waals surface area contributed by atoms with Gasteiger partial charge >= 0.3 is 0 Å². The van der Waals surface area contributed by atoms with Gasteiger partial charge in [-0.3, -0.25) is 0 Å². The molecule has 0 saturated carbocycles. The van der Waals surface area contributed by atoms with Gasteiger partial charge in [-0.1, -0.05) is 67.6 Å². The lowest BCUT2D eigenvalue weighted by atomic mass is 10.0. The Balaban J connectivity index is 1.68. The highest BCUT2D eigenvalue weighted by Gasteiger charge is 2.10. The number of aryl methyl sites for hydroxylation is 1. The quantitative estimate of drug-likeness (QED) is 0.533. The van der Waals surface area contributed by atoms with E-state index in [1.54, 1.807) is 0 Å². The lowest BCUT2D eigenvalue weighted by Crippen LogP contribution is -2.26. The molecule has 3 aromatic rings. The molecule has 0 saturated heterocycles. The number of ether oxygens (including phenoxy) is 1. The van der Waals surface area contributed by atoms with Gasteiger partial charge in [0, 0.05) is 18.2 Å². The average molecular weight is 348 g/mol.